The predicted molar refractivity (Wildman–Crippen MR) is 84.3 cm³/mol. The average molecular weight is 338 g/mol. The molecule has 1 atom stereocenters. The zero-order valence-electron chi connectivity index (χ0n) is 12.7. The topological polar surface area (TPSA) is 109 Å². The molecule has 0 radical (unpaired) electrons. The molecule has 0 aliphatic carbocycles. The second-order valence-electron chi connectivity index (χ2n) is 5.09. The van der Waals surface area contributed by atoms with Gasteiger partial charge in [-0.15, -0.1) is 0 Å². The summed E-state index contributed by atoms with van der Waals surface area (Å²) in [6.07, 6.45) is 1.76. The number of hydrogen-bond acceptors (Lipinski definition) is 5. The molecule has 1 heterocycles. The van der Waals surface area contributed by atoms with Crippen LogP contribution in [-0.2, 0) is 14.8 Å². The number of benzene rings is 1. The van der Waals surface area contributed by atoms with Crippen LogP contribution in [0, 0.1) is 6.92 Å². The number of nitrogens with one attached hydrogen (secondary N) is 2. The molecule has 0 spiro atoms. The van der Waals surface area contributed by atoms with E-state index in [0.29, 0.717) is 16.8 Å². The van der Waals surface area contributed by atoms with Crippen molar-refractivity contribution in [1.29, 1.82) is 0 Å². The fourth-order valence-electron chi connectivity index (χ4n) is 2.08. The molecule has 0 unspecified atom stereocenters. The van der Waals surface area contributed by atoms with E-state index in [0.717, 1.165) is 0 Å². The summed E-state index contributed by atoms with van der Waals surface area (Å²) in [5, 5.41) is 12.5. The fourth-order valence-corrected chi connectivity index (χ4v) is 3.34. The Morgan fingerprint density at radius 2 is 2.09 bits per heavy atom. The molecule has 3 N–H and O–H groups in total. The Morgan fingerprint density at radius 3 is 2.65 bits per heavy atom. The summed E-state index contributed by atoms with van der Waals surface area (Å²) in [5.74, 6) is -0.235. The van der Waals surface area contributed by atoms with Crippen LogP contribution >= 0.6 is 0 Å². The van der Waals surface area contributed by atoms with E-state index in [1.54, 1.807) is 19.1 Å². The number of carbonyl (C=O) groups is 1. The largest absolute Gasteiger partial charge is 0.472 e. The normalized spacial score (nSPS) is 12.8. The number of carbonyl (C=O) groups excluding carboxylic acids is 1. The molecule has 0 fully saturated rings. The lowest BCUT2D eigenvalue weighted by atomic mass is 10.2. The van der Waals surface area contributed by atoms with Gasteiger partial charge < -0.3 is 14.8 Å². The highest BCUT2D eigenvalue weighted by atomic mass is 32.2. The van der Waals surface area contributed by atoms with Gasteiger partial charge in [-0.2, -0.15) is 0 Å². The molecule has 0 saturated heterocycles. The Labute approximate surface area is 134 Å². The van der Waals surface area contributed by atoms with Crippen molar-refractivity contribution in [2.45, 2.75) is 24.8 Å². The SMILES string of the molecule is CC(=O)Nc1ccc(S(=O)(=O)NC[C@H](O)c2ccoc2)c(C)c1. The minimum absolute atomic E-state index is 0.0889. The lowest BCUT2D eigenvalue weighted by Crippen LogP contribution is -2.29. The smallest absolute Gasteiger partial charge is 0.240 e. The highest BCUT2D eigenvalue weighted by molar-refractivity contribution is 7.89. The van der Waals surface area contributed by atoms with Crippen molar-refractivity contribution < 1.29 is 22.7 Å². The molecule has 0 bridgehead atoms. The van der Waals surface area contributed by atoms with E-state index in [4.69, 9.17) is 4.42 Å². The summed E-state index contributed by atoms with van der Waals surface area (Å²) in [4.78, 5) is 11.1. The molecule has 0 aliphatic heterocycles. The Hall–Kier alpha value is -2.16. The van der Waals surface area contributed by atoms with E-state index < -0.39 is 16.1 Å². The summed E-state index contributed by atoms with van der Waals surface area (Å²) in [7, 11) is -3.78. The summed E-state index contributed by atoms with van der Waals surface area (Å²) >= 11 is 0. The van der Waals surface area contributed by atoms with Gasteiger partial charge >= 0.3 is 0 Å². The number of rotatable bonds is 6. The zero-order chi connectivity index (χ0) is 17.0. The van der Waals surface area contributed by atoms with Crippen molar-refractivity contribution in [2.24, 2.45) is 0 Å². The number of aliphatic hydroxyl groups is 1. The number of aliphatic hydroxyl groups excluding tert-OH is 1. The fraction of sp³-hybridized carbons (Fsp3) is 0.267. The maximum Gasteiger partial charge on any atom is 0.240 e. The number of anilines is 1. The van der Waals surface area contributed by atoms with Crippen molar-refractivity contribution in [3.63, 3.8) is 0 Å². The third-order valence-corrected chi connectivity index (χ3v) is 4.76. The van der Waals surface area contributed by atoms with Crippen LogP contribution in [0.4, 0.5) is 5.69 Å². The van der Waals surface area contributed by atoms with Gasteiger partial charge in [-0.3, -0.25) is 4.79 Å². The molecule has 1 amide bonds. The van der Waals surface area contributed by atoms with E-state index >= 15 is 0 Å². The van der Waals surface area contributed by atoms with Crippen molar-refractivity contribution in [1.82, 2.24) is 4.72 Å². The van der Waals surface area contributed by atoms with Crippen molar-refractivity contribution >= 4 is 21.6 Å². The maximum atomic E-state index is 12.3. The second-order valence-corrected chi connectivity index (χ2v) is 6.82. The van der Waals surface area contributed by atoms with Gasteiger partial charge in [-0.25, -0.2) is 13.1 Å². The molecule has 124 valence electrons. The molecule has 8 heteroatoms. The lowest BCUT2D eigenvalue weighted by molar-refractivity contribution is -0.114. The van der Waals surface area contributed by atoms with Gasteiger partial charge in [0, 0.05) is 24.7 Å². The average Bonchev–Trinajstić information content (AvgIpc) is 2.98. The number of hydrogen-bond donors (Lipinski definition) is 3. The van der Waals surface area contributed by atoms with Crippen LogP contribution in [0.2, 0.25) is 0 Å². The van der Waals surface area contributed by atoms with Crippen LogP contribution in [0.1, 0.15) is 24.2 Å². The molecule has 0 saturated carbocycles. The van der Waals surface area contributed by atoms with Crippen LogP contribution in [0.25, 0.3) is 0 Å². The van der Waals surface area contributed by atoms with Crippen LogP contribution in [-0.4, -0.2) is 26.0 Å². The number of aryl methyl sites for hydroxylation is 1. The standard InChI is InChI=1S/C15H18N2O5S/c1-10-7-13(17-11(2)18)3-4-15(10)23(20,21)16-8-14(19)12-5-6-22-9-12/h3-7,9,14,16,19H,8H2,1-2H3,(H,17,18)/t14-/m0/s1. The molecular weight excluding hydrogens is 320 g/mol. The molecule has 23 heavy (non-hydrogen) atoms. The first-order valence-electron chi connectivity index (χ1n) is 6.87. The van der Waals surface area contributed by atoms with Crippen molar-refractivity contribution in [3.8, 4) is 0 Å². The Balaban J connectivity index is 2.11. The van der Waals surface area contributed by atoms with Crippen LogP contribution < -0.4 is 10.0 Å². The van der Waals surface area contributed by atoms with Gasteiger partial charge in [0.25, 0.3) is 0 Å². The van der Waals surface area contributed by atoms with Gasteiger partial charge in [0.15, 0.2) is 0 Å². The molecule has 7 nitrogen and oxygen atoms in total. The maximum absolute atomic E-state index is 12.3. The molecule has 1 aromatic heterocycles. The summed E-state index contributed by atoms with van der Waals surface area (Å²) < 4.78 is 31.9. The Bertz CT molecular complexity index is 784. The third-order valence-electron chi connectivity index (χ3n) is 3.18. The van der Waals surface area contributed by atoms with Gasteiger partial charge in [0.05, 0.1) is 23.5 Å². The summed E-state index contributed by atoms with van der Waals surface area (Å²) in [6.45, 7) is 2.83. The second kappa shape index (κ2) is 6.95. The molecule has 2 aromatic rings. The van der Waals surface area contributed by atoms with E-state index in [1.165, 1.54) is 31.6 Å². The van der Waals surface area contributed by atoms with Crippen LogP contribution in [0.3, 0.4) is 0 Å². The van der Waals surface area contributed by atoms with E-state index in [-0.39, 0.29) is 17.3 Å². The zero-order valence-corrected chi connectivity index (χ0v) is 13.6. The van der Waals surface area contributed by atoms with Crippen molar-refractivity contribution in [3.05, 3.63) is 47.9 Å². The van der Waals surface area contributed by atoms with Gasteiger partial charge in [0.1, 0.15) is 0 Å². The quantitative estimate of drug-likeness (QED) is 0.740. The number of sulfonamides is 1. The van der Waals surface area contributed by atoms with Crippen LogP contribution in [0.5, 0.6) is 0 Å². The molecule has 1 aromatic carbocycles. The van der Waals surface area contributed by atoms with E-state index in [9.17, 15) is 18.3 Å². The summed E-state index contributed by atoms with van der Waals surface area (Å²) in [6, 6.07) is 6.05. The Kier molecular flexibility index (Phi) is 5.19. The minimum atomic E-state index is -3.78. The monoisotopic (exact) mass is 338 g/mol. The highest BCUT2D eigenvalue weighted by Crippen LogP contribution is 2.20. The molecular formula is C15H18N2O5S. The van der Waals surface area contributed by atoms with E-state index in [1.807, 2.05) is 0 Å². The summed E-state index contributed by atoms with van der Waals surface area (Å²) in [5.41, 5.74) is 1.50. The predicted octanol–water partition coefficient (Wildman–Crippen LogP) is 1.56. The Morgan fingerprint density at radius 1 is 1.35 bits per heavy atom. The first kappa shape index (κ1) is 17.2. The van der Waals surface area contributed by atoms with Gasteiger partial charge in [-0.05, 0) is 36.8 Å². The number of furan rings is 1. The van der Waals surface area contributed by atoms with Crippen molar-refractivity contribution in [2.75, 3.05) is 11.9 Å². The first-order chi connectivity index (χ1) is 10.8. The lowest BCUT2D eigenvalue weighted by Gasteiger charge is -2.13. The van der Waals surface area contributed by atoms with Crippen LogP contribution in [0.15, 0.2) is 46.1 Å². The number of amides is 1. The molecule has 0 aliphatic rings. The highest BCUT2D eigenvalue weighted by Gasteiger charge is 2.19. The molecule has 2 rings (SSSR count). The minimum Gasteiger partial charge on any atom is -0.472 e. The van der Waals surface area contributed by atoms with E-state index in [2.05, 4.69) is 10.0 Å². The first-order valence-corrected chi connectivity index (χ1v) is 8.36. The van der Waals surface area contributed by atoms with Gasteiger partial charge in [-0.1, -0.05) is 0 Å². The third kappa shape index (κ3) is 4.41. The van der Waals surface area contributed by atoms with Gasteiger partial charge in [0.2, 0.25) is 15.9 Å².